The molecule has 0 aliphatic heterocycles. The molecule has 61 heavy (non-hydrogen) atoms. The van der Waals surface area contributed by atoms with E-state index in [4.69, 9.17) is 11.5 Å². The maximum atomic E-state index is 14.2. The molecule has 0 bridgehead atoms. The van der Waals surface area contributed by atoms with E-state index in [0.717, 1.165) is 0 Å². The Kier molecular flexibility index (Phi) is 22.6. The molecule has 0 saturated carbocycles. The Balaban J connectivity index is 2.47. The quantitative estimate of drug-likeness (QED) is 0.0509. The SMILES string of the molecule is CC[C@H](C)[C@H](NC(=O)[C@H](Cc1ccccc1)NC(=O)[C@H](Cc1ccccc1)NC(=O)[C@H](CCC(N)=O)NC(=O)[C@H](CCSC)NC(=O)[C@H](CCC(=O)O)NC(=O)CN)C(=O)O. The van der Waals surface area contributed by atoms with Crippen molar-refractivity contribution in [2.75, 3.05) is 18.6 Å². The Labute approximate surface area is 358 Å². The molecule has 2 aromatic carbocycles. The molecule has 19 nitrogen and oxygen atoms in total. The van der Waals surface area contributed by atoms with E-state index in [1.807, 2.05) is 0 Å². The molecule has 0 spiro atoms. The second-order valence-electron chi connectivity index (χ2n) is 14.4. The van der Waals surface area contributed by atoms with Gasteiger partial charge in [0.25, 0.3) is 0 Å². The van der Waals surface area contributed by atoms with Crippen LogP contribution in [-0.4, -0.2) is 118 Å². The number of aliphatic carboxylic acids is 2. The lowest BCUT2D eigenvalue weighted by atomic mass is 9.97. The van der Waals surface area contributed by atoms with Crippen LogP contribution in [0.2, 0.25) is 0 Å². The van der Waals surface area contributed by atoms with Crippen LogP contribution in [-0.2, 0) is 56.0 Å². The van der Waals surface area contributed by atoms with Crippen molar-refractivity contribution in [2.24, 2.45) is 17.4 Å². The van der Waals surface area contributed by atoms with Crippen LogP contribution in [0.4, 0.5) is 0 Å². The number of amides is 7. The first-order valence-electron chi connectivity index (χ1n) is 19.8. The molecule has 334 valence electrons. The van der Waals surface area contributed by atoms with Crippen molar-refractivity contribution in [1.82, 2.24) is 31.9 Å². The maximum Gasteiger partial charge on any atom is 0.326 e. The van der Waals surface area contributed by atoms with Crippen molar-refractivity contribution in [3.05, 3.63) is 71.8 Å². The molecule has 0 aliphatic carbocycles. The summed E-state index contributed by atoms with van der Waals surface area (Å²) < 4.78 is 0. The third kappa shape index (κ3) is 18.8. The minimum atomic E-state index is -1.49. The highest BCUT2D eigenvalue weighted by atomic mass is 32.2. The molecule has 0 fully saturated rings. The van der Waals surface area contributed by atoms with Crippen LogP contribution in [0.5, 0.6) is 0 Å². The zero-order valence-electron chi connectivity index (χ0n) is 34.5. The number of carboxylic acids is 2. The molecule has 0 unspecified atom stereocenters. The van der Waals surface area contributed by atoms with Crippen LogP contribution in [0.25, 0.3) is 0 Å². The van der Waals surface area contributed by atoms with Gasteiger partial charge < -0.3 is 53.6 Å². The summed E-state index contributed by atoms with van der Waals surface area (Å²) in [4.78, 5) is 116. The van der Waals surface area contributed by atoms with E-state index in [1.54, 1.807) is 80.8 Å². The number of nitrogens with two attached hydrogens (primary N) is 2. The number of primary amides is 1. The highest BCUT2D eigenvalue weighted by molar-refractivity contribution is 7.98. The summed E-state index contributed by atoms with van der Waals surface area (Å²) in [6.07, 6.45) is 0.578. The monoisotopic (exact) mass is 870 g/mol. The van der Waals surface area contributed by atoms with Crippen LogP contribution < -0.4 is 43.4 Å². The average Bonchev–Trinajstić information content (AvgIpc) is 3.23. The van der Waals surface area contributed by atoms with Crippen LogP contribution in [0.3, 0.4) is 0 Å². The van der Waals surface area contributed by atoms with Gasteiger partial charge in [-0.15, -0.1) is 0 Å². The number of thioether (sulfide) groups is 1. The predicted octanol–water partition coefficient (Wildman–Crippen LogP) is -0.647. The van der Waals surface area contributed by atoms with Crippen LogP contribution in [0.15, 0.2) is 60.7 Å². The summed E-state index contributed by atoms with van der Waals surface area (Å²) in [6, 6.07) is 9.18. The predicted molar refractivity (Wildman–Crippen MR) is 226 cm³/mol. The van der Waals surface area contributed by atoms with Crippen molar-refractivity contribution in [3.8, 4) is 0 Å². The molecule has 0 aliphatic rings. The molecule has 20 heteroatoms. The van der Waals surface area contributed by atoms with Crippen molar-refractivity contribution in [3.63, 3.8) is 0 Å². The summed E-state index contributed by atoms with van der Waals surface area (Å²) >= 11 is 1.34. The third-order valence-electron chi connectivity index (χ3n) is 9.65. The zero-order valence-corrected chi connectivity index (χ0v) is 35.3. The van der Waals surface area contributed by atoms with Gasteiger partial charge in [0.2, 0.25) is 41.4 Å². The Morgan fingerprint density at radius 1 is 0.607 bits per heavy atom. The van der Waals surface area contributed by atoms with Gasteiger partial charge in [0.05, 0.1) is 6.54 Å². The summed E-state index contributed by atoms with van der Waals surface area (Å²) in [5.74, 6) is -8.39. The van der Waals surface area contributed by atoms with E-state index in [9.17, 15) is 53.4 Å². The topological polar surface area (TPSA) is 318 Å². The average molecular weight is 871 g/mol. The van der Waals surface area contributed by atoms with Gasteiger partial charge in [0.1, 0.15) is 36.3 Å². The fourth-order valence-corrected chi connectivity index (χ4v) is 6.47. The number of rotatable bonds is 28. The Morgan fingerprint density at radius 3 is 1.43 bits per heavy atom. The lowest BCUT2D eigenvalue weighted by Crippen LogP contribution is -2.60. The van der Waals surface area contributed by atoms with Gasteiger partial charge in [-0.25, -0.2) is 4.79 Å². The molecule has 0 radical (unpaired) electrons. The second-order valence-corrected chi connectivity index (χ2v) is 15.4. The second kappa shape index (κ2) is 27.0. The van der Waals surface area contributed by atoms with E-state index in [1.165, 1.54) is 11.8 Å². The molecular formula is C41H58N8O11S. The highest BCUT2D eigenvalue weighted by Crippen LogP contribution is 2.12. The number of benzene rings is 2. The van der Waals surface area contributed by atoms with Crippen molar-refractivity contribution in [1.29, 1.82) is 0 Å². The maximum absolute atomic E-state index is 14.2. The molecule has 2 aromatic rings. The number of nitrogens with one attached hydrogen (secondary N) is 6. The minimum absolute atomic E-state index is 0.0308. The van der Waals surface area contributed by atoms with Crippen molar-refractivity contribution in [2.45, 2.75) is 101 Å². The number of carboxylic acid groups (broad SMARTS) is 2. The molecule has 7 amide bonds. The van der Waals surface area contributed by atoms with E-state index in [-0.39, 0.29) is 38.5 Å². The molecule has 0 heterocycles. The van der Waals surface area contributed by atoms with E-state index < -0.39 is 108 Å². The smallest absolute Gasteiger partial charge is 0.326 e. The van der Waals surface area contributed by atoms with E-state index in [2.05, 4.69) is 31.9 Å². The fourth-order valence-electron chi connectivity index (χ4n) is 5.99. The summed E-state index contributed by atoms with van der Waals surface area (Å²) in [6.45, 7) is 2.96. The van der Waals surface area contributed by atoms with Gasteiger partial charge in [-0.05, 0) is 48.3 Å². The van der Waals surface area contributed by atoms with Crippen molar-refractivity contribution < 1.29 is 53.4 Å². The number of hydrogen-bond donors (Lipinski definition) is 10. The fraction of sp³-hybridized carbons (Fsp3) is 0.488. The number of carbonyl (C=O) groups is 9. The number of hydrogen-bond acceptors (Lipinski definition) is 11. The Morgan fingerprint density at radius 2 is 1.02 bits per heavy atom. The minimum Gasteiger partial charge on any atom is -0.481 e. The molecule has 0 aromatic heterocycles. The van der Waals surface area contributed by atoms with Gasteiger partial charge in [-0.1, -0.05) is 80.9 Å². The molecular weight excluding hydrogens is 813 g/mol. The van der Waals surface area contributed by atoms with E-state index >= 15 is 0 Å². The summed E-state index contributed by atoms with van der Waals surface area (Å²) in [5, 5.41) is 34.3. The molecule has 7 atom stereocenters. The molecule has 0 saturated heterocycles. The van der Waals surface area contributed by atoms with Gasteiger partial charge in [-0.2, -0.15) is 11.8 Å². The van der Waals surface area contributed by atoms with Gasteiger partial charge in [0, 0.05) is 25.7 Å². The molecule has 2 rings (SSSR count). The zero-order chi connectivity index (χ0) is 45.5. The van der Waals surface area contributed by atoms with Crippen LogP contribution in [0, 0.1) is 5.92 Å². The third-order valence-corrected chi connectivity index (χ3v) is 10.3. The standard InChI is InChI=1S/C41H58N8O11S/c1-4-24(2)35(41(59)60)49-40(58)31(22-26-13-9-6-10-14-26)48-39(57)30(21-25-11-7-5-8-12-25)47-37(55)28(15-17-32(43)50)45-38(56)29(19-20-61-3)46-36(54)27(16-18-34(52)53)44-33(51)23-42/h5-14,24,27-31,35H,4,15-23,42H2,1-3H3,(H2,43,50)(H,44,51)(H,45,56)(H,46,54)(H,47,55)(H,48,57)(H,49,58)(H,52,53)(H,59,60)/t24-,27-,28-,29-,30-,31-,35-/m0/s1. The normalized spacial score (nSPS) is 14.3. The van der Waals surface area contributed by atoms with E-state index in [0.29, 0.717) is 23.3 Å². The summed E-state index contributed by atoms with van der Waals surface area (Å²) in [7, 11) is 0. The first-order chi connectivity index (χ1) is 29.0. The Bertz CT molecular complexity index is 1800. The first kappa shape index (κ1) is 51.1. The van der Waals surface area contributed by atoms with Gasteiger partial charge in [-0.3, -0.25) is 38.4 Å². The van der Waals surface area contributed by atoms with Crippen LogP contribution in [0.1, 0.15) is 63.5 Å². The Hall–Kier alpha value is -6.02. The highest BCUT2D eigenvalue weighted by Gasteiger charge is 2.34. The van der Waals surface area contributed by atoms with Gasteiger partial charge in [0.15, 0.2) is 0 Å². The molecule has 12 N–H and O–H groups in total. The lowest BCUT2D eigenvalue weighted by Gasteiger charge is -2.28. The largest absolute Gasteiger partial charge is 0.481 e. The van der Waals surface area contributed by atoms with Crippen molar-refractivity contribution >= 4 is 65.1 Å². The van der Waals surface area contributed by atoms with Crippen LogP contribution >= 0.6 is 11.8 Å². The first-order valence-corrected chi connectivity index (χ1v) is 21.2. The van der Waals surface area contributed by atoms with Gasteiger partial charge >= 0.3 is 11.9 Å². The number of carbonyl (C=O) groups excluding carboxylic acids is 7. The lowest BCUT2D eigenvalue weighted by molar-refractivity contribution is -0.144. The summed E-state index contributed by atoms with van der Waals surface area (Å²) in [5.41, 5.74) is 12.0.